The van der Waals surface area contributed by atoms with E-state index in [1.807, 2.05) is 38.1 Å². The van der Waals surface area contributed by atoms with Crippen molar-refractivity contribution in [1.82, 2.24) is 10.2 Å². The molecule has 2 aromatic rings. The third-order valence-electron chi connectivity index (χ3n) is 6.09. The predicted molar refractivity (Wildman–Crippen MR) is 139 cm³/mol. The van der Waals surface area contributed by atoms with Crippen molar-refractivity contribution in [3.63, 3.8) is 0 Å². The summed E-state index contributed by atoms with van der Waals surface area (Å²) in [7, 11) is -3.61. The minimum Gasteiger partial charge on any atom is -0.486 e. The van der Waals surface area contributed by atoms with Crippen LogP contribution >= 0.6 is 0 Å². The van der Waals surface area contributed by atoms with Crippen molar-refractivity contribution in [3.05, 3.63) is 53.6 Å². The number of hydrogen-bond donors (Lipinski definition) is 1. The lowest BCUT2D eigenvalue weighted by atomic mass is 10.1. The monoisotopic (exact) mass is 517 g/mol. The van der Waals surface area contributed by atoms with Gasteiger partial charge in [0.1, 0.15) is 19.3 Å². The molecule has 1 N–H and O–H groups in total. The van der Waals surface area contributed by atoms with Gasteiger partial charge in [-0.15, -0.1) is 0 Å². The molecule has 0 aromatic heterocycles. The van der Waals surface area contributed by atoms with Crippen LogP contribution in [0.4, 0.5) is 5.69 Å². The first-order chi connectivity index (χ1) is 17.1. The number of amides is 2. The Hall–Kier alpha value is -3.27. The van der Waals surface area contributed by atoms with Gasteiger partial charge in [0.25, 0.3) is 0 Å². The Bertz CT molecular complexity index is 1180. The van der Waals surface area contributed by atoms with Crippen LogP contribution in [0.1, 0.15) is 37.8 Å². The van der Waals surface area contributed by atoms with Crippen LogP contribution in [0.5, 0.6) is 11.5 Å². The topological polar surface area (TPSA) is 105 Å². The molecule has 196 valence electrons. The van der Waals surface area contributed by atoms with Crippen LogP contribution in [-0.4, -0.2) is 63.7 Å². The van der Waals surface area contributed by atoms with Gasteiger partial charge in [0.2, 0.25) is 21.8 Å². The number of sulfonamides is 1. The normalized spacial score (nSPS) is 13.6. The molecule has 1 atom stereocenters. The molecular formula is C26H35N3O6S. The van der Waals surface area contributed by atoms with E-state index < -0.39 is 16.1 Å². The van der Waals surface area contributed by atoms with Crippen molar-refractivity contribution < 1.29 is 27.5 Å². The first-order valence-corrected chi connectivity index (χ1v) is 14.0. The second-order valence-electron chi connectivity index (χ2n) is 8.79. The summed E-state index contributed by atoms with van der Waals surface area (Å²) in [5.74, 6) is 0.615. The van der Waals surface area contributed by atoms with E-state index in [0.717, 1.165) is 17.4 Å². The minimum absolute atomic E-state index is 0.0895. The van der Waals surface area contributed by atoms with Crippen molar-refractivity contribution >= 4 is 27.5 Å². The molecular weight excluding hydrogens is 482 g/mol. The lowest BCUT2D eigenvalue weighted by Crippen LogP contribution is -2.47. The van der Waals surface area contributed by atoms with E-state index in [1.165, 1.54) is 4.31 Å². The number of nitrogens with one attached hydrogen (secondary N) is 1. The van der Waals surface area contributed by atoms with Crippen LogP contribution in [0.25, 0.3) is 0 Å². The fourth-order valence-corrected chi connectivity index (χ4v) is 5.02. The Morgan fingerprint density at radius 3 is 2.44 bits per heavy atom. The zero-order chi connectivity index (χ0) is 26.3. The van der Waals surface area contributed by atoms with Crippen LogP contribution in [0, 0.1) is 6.92 Å². The van der Waals surface area contributed by atoms with Crippen LogP contribution in [0.3, 0.4) is 0 Å². The molecule has 1 unspecified atom stereocenters. The molecule has 10 heteroatoms. The number of ether oxygens (including phenoxy) is 2. The molecule has 0 aliphatic carbocycles. The van der Waals surface area contributed by atoms with Crippen LogP contribution in [0.2, 0.25) is 0 Å². The van der Waals surface area contributed by atoms with Gasteiger partial charge < -0.3 is 19.7 Å². The van der Waals surface area contributed by atoms with Crippen LogP contribution in [0.15, 0.2) is 42.5 Å². The number of fused-ring (bicyclic) bond motifs is 1. The number of rotatable bonds is 11. The standard InChI is InChI=1S/C26H35N3O6S/c1-5-27-26(31)20(3)28(18-21-10-7-6-9-19(21)2)25(30)11-8-14-29(36(4,32)33)22-12-13-23-24(17-22)35-16-15-34-23/h6-7,9-10,12-13,17,20H,5,8,11,14-16,18H2,1-4H3,(H,27,31). The van der Waals surface area contributed by atoms with Crippen molar-refractivity contribution in [2.24, 2.45) is 0 Å². The Balaban J connectivity index is 1.74. The summed E-state index contributed by atoms with van der Waals surface area (Å²) in [6, 6.07) is 12.1. The van der Waals surface area contributed by atoms with Crippen molar-refractivity contribution in [3.8, 4) is 11.5 Å². The Kier molecular flexibility index (Phi) is 9.19. The largest absolute Gasteiger partial charge is 0.486 e. The van der Waals surface area contributed by atoms with Gasteiger partial charge in [-0.3, -0.25) is 13.9 Å². The number of nitrogens with zero attached hydrogens (tertiary/aromatic N) is 2. The Labute approximate surface area is 213 Å². The molecule has 0 radical (unpaired) electrons. The van der Waals surface area contributed by atoms with Gasteiger partial charge in [0, 0.05) is 32.1 Å². The molecule has 0 saturated carbocycles. The summed E-state index contributed by atoms with van der Waals surface area (Å²) in [6.45, 7) is 7.21. The fourth-order valence-electron chi connectivity index (χ4n) is 4.07. The fraction of sp³-hybridized carbons (Fsp3) is 0.462. The van der Waals surface area contributed by atoms with Gasteiger partial charge in [-0.1, -0.05) is 24.3 Å². The molecule has 36 heavy (non-hydrogen) atoms. The second-order valence-corrected chi connectivity index (χ2v) is 10.7. The first kappa shape index (κ1) is 27.3. The van der Waals surface area contributed by atoms with Crippen LogP contribution < -0.4 is 19.1 Å². The summed E-state index contributed by atoms with van der Waals surface area (Å²) < 4.78 is 37.5. The van der Waals surface area contributed by atoms with Gasteiger partial charge in [-0.05, 0) is 50.5 Å². The third-order valence-corrected chi connectivity index (χ3v) is 7.28. The molecule has 1 aliphatic rings. The van der Waals surface area contributed by atoms with Gasteiger partial charge in [0.05, 0.1) is 11.9 Å². The highest BCUT2D eigenvalue weighted by molar-refractivity contribution is 7.92. The number of carbonyl (C=O) groups is 2. The molecule has 9 nitrogen and oxygen atoms in total. The van der Waals surface area contributed by atoms with Crippen molar-refractivity contribution in [2.45, 2.75) is 46.2 Å². The van der Waals surface area contributed by atoms with Gasteiger partial charge in [0.15, 0.2) is 11.5 Å². The molecule has 0 bridgehead atoms. The third kappa shape index (κ3) is 6.90. The smallest absolute Gasteiger partial charge is 0.242 e. The number of hydrogen-bond acceptors (Lipinski definition) is 6. The zero-order valence-corrected chi connectivity index (χ0v) is 22.1. The first-order valence-electron chi connectivity index (χ1n) is 12.1. The maximum absolute atomic E-state index is 13.3. The quantitative estimate of drug-likeness (QED) is 0.492. The molecule has 0 spiro atoms. The number of benzene rings is 2. The maximum Gasteiger partial charge on any atom is 0.242 e. The van der Waals surface area contributed by atoms with Crippen molar-refractivity contribution in [1.29, 1.82) is 0 Å². The summed E-state index contributed by atoms with van der Waals surface area (Å²) in [5, 5.41) is 2.78. The molecule has 2 aromatic carbocycles. The van der Waals surface area contributed by atoms with Crippen LogP contribution in [-0.2, 0) is 26.2 Å². The zero-order valence-electron chi connectivity index (χ0n) is 21.3. The number of anilines is 1. The summed E-state index contributed by atoms with van der Waals surface area (Å²) >= 11 is 0. The summed E-state index contributed by atoms with van der Waals surface area (Å²) in [5.41, 5.74) is 2.43. The maximum atomic E-state index is 13.3. The minimum atomic E-state index is -3.61. The molecule has 1 aliphatic heterocycles. The van der Waals surface area contributed by atoms with Gasteiger partial charge in [-0.25, -0.2) is 8.42 Å². The van der Waals surface area contributed by atoms with E-state index in [4.69, 9.17) is 9.47 Å². The highest BCUT2D eigenvalue weighted by Crippen LogP contribution is 2.34. The Morgan fingerprint density at radius 2 is 1.78 bits per heavy atom. The predicted octanol–water partition coefficient (Wildman–Crippen LogP) is 2.87. The number of likely N-dealkylation sites (N-methyl/N-ethyl adjacent to an activating group) is 1. The number of carbonyl (C=O) groups excluding carboxylic acids is 2. The molecule has 1 heterocycles. The van der Waals surface area contributed by atoms with E-state index >= 15 is 0 Å². The summed E-state index contributed by atoms with van der Waals surface area (Å²) in [4.78, 5) is 27.4. The SMILES string of the molecule is CCNC(=O)C(C)N(Cc1ccccc1C)C(=O)CCCN(c1ccc2c(c1)OCCO2)S(C)(=O)=O. The number of aryl methyl sites for hydroxylation is 1. The van der Waals surface area contributed by atoms with E-state index in [9.17, 15) is 18.0 Å². The summed E-state index contributed by atoms with van der Waals surface area (Å²) in [6.07, 6.45) is 1.51. The van der Waals surface area contributed by atoms with Crippen molar-refractivity contribution in [2.75, 3.05) is 36.9 Å². The second kappa shape index (κ2) is 12.1. The van der Waals surface area contributed by atoms with Gasteiger partial charge >= 0.3 is 0 Å². The van der Waals surface area contributed by atoms with E-state index in [2.05, 4.69) is 5.32 Å². The van der Waals surface area contributed by atoms with E-state index in [-0.39, 0.29) is 31.2 Å². The van der Waals surface area contributed by atoms with Gasteiger partial charge in [-0.2, -0.15) is 0 Å². The van der Waals surface area contributed by atoms with E-state index in [1.54, 1.807) is 30.0 Å². The molecule has 2 amide bonds. The highest BCUT2D eigenvalue weighted by Gasteiger charge is 2.27. The molecule has 0 fully saturated rings. The average Bonchev–Trinajstić information content (AvgIpc) is 2.84. The lowest BCUT2D eigenvalue weighted by Gasteiger charge is -2.30. The van der Waals surface area contributed by atoms with E-state index in [0.29, 0.717) is 43.5 Å². The highest BCUT2D eigenvalue weighted by atomic mass is 32.2. The lowest BCUT2D eigenvalue weighted by molar-refractivity contribution is -0.140. The molecule has 0 saturated heterocycles. The Morgan fingerprint density at radius 1 is 1.08 bits per heavy atom. The average molecular weight is 518 g/mol. The molecule has 3 rings (SSSR count).